The van der Waals surface area contributed by atoms with Gasteiger partial charge in [-0.3, -0.25) is 9.59 Å². The van der Waals surface area contributed by atoms with E-state index in [1.54, 1.807) is 12.1 Å². The number of nitrogens with zero attached hydrogens (tertiary/aromatic N) is 2. The molecule has 0 saturated heterocycles. The number of carbonyl (C=O) groups is 2. The molecule has 4 aromatic rings. The van der Waals surface area contributed by atoms with Gasteiger partial charge in [0.25, 0.3) is 5.91 Å². The number of alkyl halides is 3. The van der Waals surface area contributed by atoms with Gasteiger partial charge in [0, 0.05) is 29.6 Å². The van der Waals surface area contributed by atoms with Crippen LogP contribution in [0.2, 0.25) is 0 Å². The van der Waals surface area contributed by atoms with E-state index in [-0.39, 0.29) is 24.6 Å². The number of hydrogen-bond donors (Lipinski definition) is 2. The van der Waals surface area contributed by atoms with Crippen molar-refractivity contribution in [2.75, 3.05) is 24.6 Å². The Balaban J connectivity index is 1.46. The highest BCUT2D eigenvalue weighted by Crippen LogP contribution is 2.31. The van der Waals surface area contributed by atoms with Crippen LogP contribution in [0.15, 0.2) is 84.2 Å². The predicted octanol–water partition coefficient (Wildman–Crippen LogP) is 6.00. The quantitative estimate of drug-likeness (QED) is 0.199. The van der Waals surface area contributed by atoms with Gasteiger partial charge < -0.3 is 24.8 Å². The van der Waals surface area contributed by atoms with E-state index in [1.807, 2.05) is 52.7 Å². The van der Waals surface area contributed by atoms with E-state index in [0.29, 0.717) is 41.6 Å². The molecule has 12 heteroatoms. The first-order valence-corrected chi connectivity index (χ1v) is 13.4. The van der Waals surface area contributed by atoms with Crippen LogP contribution in [0.5, 0.6) is 11.5 Å². The number of para-hydroxylation sites is 1. The molecule has 0 aliphatic rings. The van der Waals surface area contributed by atoms with Crippen molar-refractivity contribution < 1.29 is 37.3 Å². The zero-order valence-corrected chi connectivity index (χ0v) is 22.5. The number of benzene rings is 3. The van der Waals surface area contributed by atoms with Crippen LogP contribution in [-0.4, -0.2) is 48.0 Å². The predicted molar refractivity (Wildman–Crippen MR) is 148 cm³/mol. The zero-order valence-electron chi connectivity index (χ0n) is 21.6. The number of aromatic nitrogens is 1. The smallest absolute Gasteiger partial charge is 0.492 e. The maximum absolute atomic E-state index is 12.5. The lowest BCUT2D eigenvalue weighted by atomic mass is 10.1. The Hall–Kier alpha value is -4.58. The fourth-order valence-corrected chi connectivity index (χ4v) is 4.63. The molecule has 0 fully saturated rings. The van der Waals surface area contributed by atoms with E-state index in [9.17, 15) is 22.8 Å². The summed E-state index contributed by atoms with van der Waals surface area (Å²) in [5.41, 5.74) is 2.55. The molecule has 0 radical (unpaired) electrons. The lowest BCUT2D eigenvalue weighted by Gasteiger charge is -2.22. The number of anilines is 1. The normalized spacial score (nSPS) is 11.1. The van der Waals surface area contributed by atoms with Gasteiger partial charge in [-0.05, 0) is 54.1 Å². The average molecular weight is 586 g/mol. The summed E-state index contributed by atoms with van der Waals surface area (Å²) >= 11 is 1.39. The zero-order chi connectivity index (χ0) is 29.2. The van der Waals surface area contributed by atoms with Gasteiger partial charge in [0.05, 0.1) is 18.7 Å². The van der Waals surface area contributed by atoms with Gasteiger partial charge in [-0.15, -0.1) is 24.5 Å². The fourth-order valence-electron chi connectivity index (χ4n) is 3.77. The van der Waals surface area contributed by atoms with Crippen molar-refractivity contribution in [1.82, 2.24) is 10.3 Å². The Morgan fingerprint density at radius 1 is 0.951 bits per heavy atom. The van der Waals surface area contributed by atoms with Crippen LogP contribution >= 0.6 is 11.3 Å². The van der Waals surface area contributed by atoms with Crippen molar-refractivity contribution in [3.05, 3.63) is 95.4 Å². The van der Waals surface area contributed by atoms with Crippen molar-refractivity contribution in [3.8, 4) is 22.8 Å². The second-order valence-electron chi connectivity index (χ2n) is 8.77. The Kier molecular flexibility index (Phi) is 9.80. The molecule has 214 valence electrons. The molecule has 0 aliphatic carbocycles. The molecule has 0 atom stereocenters. The number of halogens is 3. The van der Waals surface area contributed by atoms with E-state index in [4.69, 9.17) is 14.8 Å². The van der Waals surface area contributed by atoms with Crippen molar-refractivity contribution in [2.24, 2.45) is 0 Å². The van der Waals surface area contributed by atoms with Gasteiger partial charge in [0.2, 0.25) is 0 Å². The molecule has 1 heterocycles. The van der Waals surface area contributed by atoms with Crippen LogP contribution in [-0.2, 0) is 11.3 Å². The van der Waals surface area contributed by atoms with Gasteiger partial charge in [-0.1, -0.05) is 30.3 Å². The number of carbonyl (C=O) groups excluding carboxylic acids is 1. The summed E-state index contributed by atoms with van der Waals surface area (Å²) in [6, 6.07) is 21.9. The molecular weight excluding hydrogens is 559 g/mol. The molecule has 2 N–H and O–H groups in total. The molecule has 41 heavy (non-hydrogen) atoms. The lowest BCUT2D eigenvalue weighted by Crippen LogP contribution is -2.28. The molecule has 8 nitrogen and oxygen atoms in total. The first-order chi connectivity index (χ1) is 19.7. The molecule has 4 rings (SSSR count). The number of hydrogen-bond acceptors (Lipinski definition) is 7. The number of rotatable bonds is 13. The number of ether oxygens (including phenoxy) is 2. The highest BCUT2D eigenvalue weighted by Gasteiger charge is 2.31. The largest absolute Gasteiger partial charge is 0.573 e. The Labute approximate surface area is 238 Å². The summed E-state index contributed by atoms with van der Waals surface area (Å²) in [6.07, 6.45) is -4.93. The van der Waals surface area contributed by atoms with Gasteiger partial charge in [-0.25, -0.2) is 4.98 Å². The Morgan fingerprint density at radius 2 is 1.66 bits per heavy atom. The molecule has 3 aromatic carbocycles. The van der Waals surface area contributed by atoms with Gasteiger partial charge in [0.15, 0.2) is 5.13 Å². The molecule has 0 saturated carbocycles. The molecule has 0 bridgehead atoms. The summed E-state index contributed by atoms with van der Waals surface area (Å²) in [7, 11) is 0. The van der Waals surface area contributed by atoms with Crippen molar-refractivity contribution in [1.29, 1.82) is 0 Å². The number of carboxylic acids is 1. The molecule has 1 aromatic heterocycles. The number of amides is 1. The molecule has 0 spiro atoms. The third kappa shape index (κ3) is 9.24. The van der Waals surface area contributed by atoms with Gasteiger partial charge in [0.1, 0.15) is 18.1 Å². The summed E-state index contributed by atoms with van der Waals surface area (Å²) in [4.78, 5) is 29.7. The standard InChI is InChI=1S/C29H26F3N3O5S/c30-29(31,32)40-24-12-10-21(11-13-24)25-19-41-28(34-25)35(16-17-39-23-4-2-1-3-5-23)18-20-6-8-22(9-7-20)27(38)33-15-14-26(36)37/h1-13,19H,14-18H2,(H,33,38)(H,36,37). The van der Waals surface area contributed by atoms with Crippen LogP contribution in [0.3, 0.4) is 0 Å². The van der Waals surface area contributed by atoms with Crippen LogP contribution in [0, 0.1) is 0 Å². The highest BCUT2D eigenvalue weighted by molar-refractivity contribution is 7.14. The maximum atomic E-state index is 12.5. The SMILES string of the molecule is O=C(O)CCNC(=O)c1ccc(CN(CCOc2ccccc2)c2nc(-c3ccc(OC(F)(F)F)cc3)cs2)cc1. The lowest BCUT2D eigenvalue weighted by molar-refractivity contribution is -0.274. The second-order valence-corrected chi connectivity index (χ2v) is 9.60. The summed E-state index contributed by atoms with van der Waals surface area (Å²) in [5.74, 6) is -0.931. The molecule has 0 aliphatic heterocycles. The van der Waals surface area contributed by atoms with Crippen LogP contribution in [0.25, 0.3) is 11.3 Å². The van der Waals surface area contributed by atoms with E-state index < -0.39 is 12.3 Å². The van der Waals surface area contributed by atoms with Crippen molar-refractivity contribution >= 4 is 28.3 Å². The number of carboxylic acid groups (broad SMARTS) is 1. The minimum atomic E-state index is -4.76. The van der Waals surface area contributed by atoms with E-state index >= 15 is 0 Å². The van der Waals surface area contributed by atoms with Crippen LogP contribution in [0.4, 0.5) is 18.3 Å². The van der Waals surface area contributed by atoms with E-state index in [1.165, 1.54) is 35.6 Å². The van der Waals surface area contributed by atoms with Crippen molar-refractivity contribution in [2.45, 2.75) is 19.3 Å². The highest BCUT2D eigenvalue weighted by atomic mass is 32.1. The minimum Gasteiger partial charge on any atom is -0.492 e. The van der Waals surface area contributed by atoms with Crippen molar-refractivity contribution in [3.63, 3.8) is 0 Å². The van der Waals surface area contributed by atoms with Gasteiger partial charge in [-0.2, -0.15) is 0 Å². The number of aliphatic carboxylic acids is 1. The summed E-state index contributed by atoms with van der Waals surface area (Å²) in [6.45, 7) is 1.34. The topological polar surface area (TPSA) is 101 Å². The fraction of sp³-hybridized carbons (Fsp3) is 0.207. The minimum absolute atomic E-state index is 0.0373. The molecular formula is C29H26F3N3O5S. The maximum Gasteiger partial charge on any atom is 0.573 e. The first-order valence-electron chi connectivity index (χ1n) is 12.5. The monoisotopic (exact) mass is 585 g/mol. The number of thiazole rings is 1. The Morgan fingerprint density at radius 3 is 2.32 bits per heavy atom. The average Bonchev–Trinajstić information content (AvgIpc) is 3.43. The molecule has 0 unspecified atom stereocenters. The van der Waals surface area contributed by atoms with E-state index in [0.717, 1.165) is 11.3 Å². The Bertz CT molecular complexity index is 1430. The third-order valence-corrected chi connectivity index (χ3v) is 6.63. The number of nitrogens with one attached hydrogen (secondary N) is 1. The third-order valence-electron chi connectivity index (χ3n) is 5.73. The summed E-state index contributed by atoms with van der Waals surface area (Å²) in [5, 5.41) is 13.8. The second kappa shape index (κ2) is 13.7. The van der Waals surface area contributed by atoms with Crippen LogP contribution in [0.1, 0.15) is 22.3 Å². The first kappa shape index (κ1) is 29.4. The van der Waals surface area contributed by atoms with E-state index in [2.05, 4.69) is 10.1 Å². The summed E-state index contributed by atoms with van der Waals surface area (Å²) < 4.78 is 47.3. The van der Waals surface area contributed by atoms with Crippen LogP contribution < -0.4 is 19.7 Å². The molecule has 1 amide bonds. The van der Waals surface area contributed by atoms with Gasteiger partial charge >= 0.3 is 12.3 Å².